The maximum Gasteiger partial charge on any atom is 0.471 e. The summed E-state index contributed by atoms with van der Waals surface area (Å²) >= 11 is 0. The van der Waals surface area contributed by atoms with Gasteiger partial charge in [-0.15, -0.1) is 0 Å². The molecule has 0 spiro atoms. The lowest BCUT2D eigenvalue weighted by Gasteiger charge is -2.11. The van der Waals surface area contributed by atoms with Crippen molar-refractivity contribution in [2.24, 2.45) is 0 Å². The highest BCUT2D eigenvalue weighted by Gasteiger charge is 2.40. The second-order valence-electron chi connectivity index (χ2n) is 7.13. The van der Waals surface area contributed by atoms with Gasteiger partial charge in [-0.25, -0.2) is 0 Å². The fourth-order valence-electron chi connectivity index (χ4n) is 3.04. The molecule has 6 nitrogen and oxygen atoms in total. The molecule has 0 radical (unpaired) electrons. The summed E-state index contributed by atoms with van der Waals surface area (Å²) in [6, 6.07) is 0. The third-order valence-corrected chi connectivity index (χ3v) is 4.60. The first kappa shape index (κ1) is 24.1. The van der Waals surface area contributed by atoms with Crippen molar-refractivity contribution in [1.82, 2.24) is 20.3 Å². The Morgan fingerprint density at radius 2 is 1.27 bits per heavy atom. The van der Waals surface area contributed by atoms with E-state index in [0.29, 0.717) is 12.8 Å². The molecule has 30 heavy (non-hydrogen) atoms. The number of unbranched alkanes of at least 4 members (excludes halogenated alkanes) is 7. The summed E-state index contributed by atoms with van der Waals surface area (Å²) in [4.78, 5) is 6.65. The minimum atomic E-state index is -4.80. The summed E-state index contributed by atoms with van der Waals surface area (Å²) in [5.41, 5.74) is 0. The van der Waals surface area contributed by atoms with E-state index in [1.807, 2.05) is 0 Å². The first-order chi connectivity index (χ1) is 14.1. The van der Waals surface area contributed by atoms with Gasteiger partial charge in [0.15, 0.2) is 11.6 Å². The first-order valence-electron chi connectivity index (χ1n) is 9.91. The number of hydrogen-bond acceptors (Lipinski definition) is 6. The van der Waals surface area contributed by atoms with Crippen LogP contribution in [0.3, 0.4) is 0 Å². The van der Waals surface area contributed by atoms with Crippen LogP contribution in [-0.4, -0.2) is 20.3 Å². The van der Waals surface area contributed by atoms with Crippen LogP contribution < -0.4 is 0 Å². The SMILES string of the molecule is CCCCCCCCCCC(Cc1noc(C(F)(F)F)n1)c1noc(C(F)(F)F)n1. The molecule has 0 saturated heterocycles. The van der Waals surface area contributed by atoms with Gasteiger partial charge in [0.2, 0.25) is 0 Å². The van der Waals surface area contributed by atoms with Crippen molar-refractivity contribution < 1.29 is 35.4 Å². The summed E-state index contributed by atoms with van der Waals surface area (Å²) in [7, 11) is 0. The number of nitrogens with zero attached hydrogens (tertiary/aromatic N) is 4. The summed E-state index contributed by atoms with van der Waals surface area (Å²) in [6.45, 7) is 2.13. The molecule has 0 bridgehead atoms. The predicted molar refractivity (Wildman–Crippen MR) is 92.3 cm³/mol. The smallest absolute Gasteiger partial charge is 0.329 e. The summed E-state index contributed by atoms with van der Waals surface area (Å²) in [6.07, 6.45) is -1.27. The van der Waals surface area contributed by atoms with Gasteiger partial charge in [0.05, 0.1) is 0 Å². The normalized spacial score (nSPS) is 13.7. The van der Waals surface area contributed by atoms with Crippen LogP contribution in [0.2, 0.25) is 0 Å². The third kappa shape index (κ3) is 7.60. The molecule has 2 heterocycles. The lowest BCUT2D eigenvalue weighted by atomic mass is 9.96. The molecule has 2 rings (SSSR count). The molecule has 2 aromatic heterocycles. The van der Waals surface area contributed by atoms with Crippen LogP contribution in [0.15, 0.2) is 9.05 Å². The molecule has 0 aliphatic rings. The fourth-order valence-corrected chi connectivity index (χ4v) is 3.04. The van der Waals surface area contributed by atoms with Crippen molar-refractivity contribution in [3.8, 4) is 0 Å². The van der Waals surface area contributed by atoms with Crippen LogP contribution in [0.1, 0.15) is 94.1 Å². The number of rotatable bonds is 12. The Morgan fingerprint density at radius 1 is 0.733 bits per heavy atom. The van der Waals surface area contributed by atoms with Crippen molar-refractivity contribution in [3.63, 3.8) is 0 Å². The van der Waals surface area contributed by atoms with Crippen molar-refractivity contribution >= 4 is 0 Å². The highest BCUT2D eigenvalue weighted by molar-refractivity contribution is 5.02. The van der Waals surface area contributed by atoms with Crippen LogP contribution in [0.5, 0.6) is 0 Å². The Morgan fingerprint density at radius 3 is 1.80 bits per heavy atom. The average Bonchev–Trinajstić information content (AvgIpc) is 3.31. The Labute approximate surface area is 169 Å². The molecule has 12 heteroatoms. The van der Waals surface area contributed by atoms with Gasteiger partial charge < -0.3 is 9.05 Å². The number of alkyl halides is 6. The summed E-state index contributed by atoms with van der Waals surface area (Å²) in [5.74, 6) is -4.23. The molecule has 0 saturated carbocycles. The molecular weight excluding hydrogens is 418 g/mol. The highest BCUT2D eigenvalue weighted by Crippen LogP contribution is 2.32. The molecular formula is C18H24F6N4O2. The second kappa shape index (κ2) is 10.8. The van der Waals surface area contributed by atoms with Gasteiger partial charge in [-0.1, -0.05) is 68.6 Å². The van der Waals surface area contributed by atoms with Crippen LogP contribution in [-0.2, 0) is 18.8 Å². The van der Waals surface area contributed by atoms with Crippen molar-refractivity contribution in [2.45, 2.75) is 89.4 Å². The van der Waals surface area contributed by atoms with E-state index in [4.69, 9.17) is 0 Å². The maximum absolute atomic E-state index is 12.7. The van der Waals surface area contributed by atoms with Crippen LogP contribution in [0.4, 0.5) is 26.3 Å². The van der Waals surface area contributed by atoms with E-state index in [9.17, 15) is 26.3 Å². The molecule has 170 valence electrons. The van der Waals surface area contributed by atoms with Gasteiger partial charge in [0.1, 0.15) is 0 Å². The lowest BCUT2D eigenvalue weighted by molar-refractivity contribution is -0.160. The quantitative estimate of drug-likeness (QED) is 0.282. The minimum absolute atomic E-state index is 0.188. The van der Waals surface area contributed by atoms with E-state index in [0.717, 1.165) is 32.1 Å². The maximum atomic E-state index is 12.7. The highest BCUT2D eigenvalue weighted by atomic mass is 19.4. The molecule has 0 aliphatic carbocycles. The average molecular weight is 442 g/mol. The van der Waals surface area contributed by atoms with Crippen LogP contribution in [0.25, 0.3) is 0 Å². The molecule has 0 N–H and O–H groups in total. The summed E-state index contributed by atoms with van der Waals surface area (Å²) < 4.78 is 84.6. The van der Waals surface area contributed by atoms with Gasteiger partial charge >= 0.3 is 24.1 Å². The van der Waals surface area contributed by atoms with Crippen molar-refractivity contribution in [3.05, 3.63) is 23.4 Å². The number of hydrogen-bond donors (Lipinski definition) is 0. The third-order valence-electron chi connectivity index (χ3n) is 4.60. The zero-order valence-electron chi connectivity index (χ0n) is 16.5. The Bertz CT molecular complexity index is 756. The van der Waals surface area contributed by atoms with Crippen molar-refractivity contribution in [2.75, 3.05) is 0 Å². The van der Waals surface area contributed by atoms with E-state index in [1.165, 1.54) is 12.8 Å². The molecule has 0 amide bonds. The Hall–Kier alpha value is -2.14. The van der Waals surface area contributed by atoms with Crippen LogP contribution in [0, 0.1) is 0 Å². The molecule has 2 aromatic rings. The molecule has 1 atom stereocenters. The molecule has 0 aliphatic heterocycles. The standard InChI is InChI=1S/C18H24F6N4O2/c1-2-3-4-5-6-7-8-9-10-12(14-26-16(30-28-14)18(22,23)24)11-13-25-15(29-27-13)17(19,20)21/h12H,2-11H2,1H3. The van der Waals surface area contributed by atoms with Gasteiger partial charge in [0, 0.05) is 12.3 Å². The van der Waals surface area contributed by atoms with E-state index in [2.05, 4.69) is 36.3 Å². The molecule has 1 unspecified atom stereocenters. The van der Waals surface area contributed by atoms with E-state index >= 15 is 0 Å². The number of halogens is 6. The van der Waals surface area contributed by atoms with Crippen LogP contribution >= 0.6 is 0 Å². The zero-order chi connectivity index (χ0) is 22.2. The monoisotopic (exact) mass is 442 g/mol. The molecule has 0 fully saturated rings. The number of aromatic nitrogens is 4. The van der Waals surface area contributed by atoms with Gasteiger partial charge in [-0.3, -0.25) is 0 Å². The Kier molecular flexibility index (Phi) is 8.65. The first-order valence-corrected chi connectivity index (χ1v) is 9.91. The van der Waals surface area contributed by atoms with E-state index in [1.54, 1.807) is 0 Å². The predicted octanol–water partition coefficient (Wildman–Crippen LogP) is 6.35. The van der Waals surface area contributed by atoms with Crippen molar-refractivity contribution in [1.29, 1.82) is 0 Å². The topological polar surface area (TPSA) is 77.8 Å². The summed E-state index contributed by atoms with van der Waals surface area (Å²) in [5, 5.41) is 6.64. The van der Waals surface area contributed by atoms with Gasteiger partial charge in [-0.2, -0.15) is 36.3 Å². The minimum Gasteiger partial charge on any atom is -0.329 e. The van der Waals surface area contributed by atoms with E-state index in [-0.39, 0.29) is 18.1 Å². The molecule has 0 aromatic carbocycles. The Balaban J connectivity index is 1.98. The fraction of sp³-hybridized carbons (Fsp3) is 0.778. The second-order valence-corrected chi connectivity index (χ2v) is 7.13. The van der Waals surface area contributed by atoms with Gasteiger partial charge in [0.25, 0.3) is 0 Å². The zero-order valence-corrected chi connectivity index (χ0v) is 16.5. The van der Waals surface area contributed by atoms with E-state index < -0.39 is 30.1 Å². The lowest BCUT2D eigenvalue weighted by Crippen LogP contribution is -2.10. The van der Waals surface area contributed by atoms with Gasteiger partial charge in [-0.05, 0) is 6.42 Å². The largest absolute Gasteiger partial charge is 0.471 e.